The highest BCUT2D eigenvalue weighted by atomic mass is 32.2. The lowest BCUT2D eigenvalue weighted by atomic mass is 10.1. The summed E-state index contributed by atoms with van der Waals surface area (Å²) in [6.45, 7) is 2.36. The van der Waals surface area contributed by atoms with Crippen molar-refractivity contribution in [1.29, 1.82) is 0 Å². The normalized spacial score (nSPS) is 22.6. The quantitative estimate of drug-likeness (QED) is 0.815. The van der Waals surface area contributed by atoms with E-state index in [1.807, 2.05) is 6.92 Å². The number of rotatable bonds is 2. The lowest BCUT2D eigenvalue weighted by Gasteiger charge is -2.32. The zero-order valence-electron chi connectivity index (χ0n) is 9.77. The van der Waals surface area contributed by atoms with Crippen molar-refractivity contribution in [3.63, 3.8) is 0 Å². The fourth-order valence-corrected chi connectivity index (χ4v) is 3.98. The summed E-state index contributed by atoms with van der Waals surface area (Å²) in [6, 6.07) is 5.50. The molecule has 1 aromatic rings. The Bertz CT molecular complexity index is 501. The molecule has 0 unspecified atom stereocenters. The smallest absolute Gasteiger partial charge is 0.207 e. The Morgan fingerprint density at radius 2 is 2.00 bits per heavy atom. The molecule has 0 amide bonds. The van der Waals surface area contributed by atoms with Crippen molar-refractivity contribution in [3.8, 4) is 0 Å². The minimum absolute atomic E-state index is 0.0478. The molecule has 0 saturated carbocycles. The van der Waals surface area contributed by atoms with Gasteiger partial charge in [-0.15, -0.1) is 0 Å². The summed E-state index contributed by atoms with van der Waals surface area (Å²) in [4.78, 5) is -0.214. The molecule has 3 nitrogen and oxygen atoms in total. The SMILES string of the molecule is C[C@@H]1CCCCN1S(=O)(=O)c1ccccc1F. The van der Waals surface area contributed by atoms with Gasteiger partial charge in [-0.1, -0.05) is 18.6 Å². The number of hydrogen-bond donors (Lipinski definition) is 0. The molecule has 1 fully saturated rings. The number of hydrogen-bond acceptors (Lipinski definition) is 2. The first kappa shape index (κ1) is 12.5. The van der Waals surface area contributed by atoms with Gasteiger partial charge in [-0.05, 0) is 31.9 Å². The second kappa shape index (κ2) is 4.74. The minimum Gasteiger partial charge on any atom is -0.207 e. The van der Waals surface area contributed by atoms with Gasteiger partial charge in [0.05, 0.1) is 0 Å². The van der Waals surface area contributed by atoms with E-state index in [0.29, 0.717) is 6.54 Å². The van der Waals surface area contributed by atoms with Gasteiger partial charge >= 0.3 is 0 Å². The molecule has 1 aromatic carbocycles. The van der Waals surface area contributed by atoms with E-state index in [4.69, 9.17) is 0 Å². The van der Waals surface area contributed by atoms with E-state index in [1.165, 1.54) is 22.5 Å². The van der Waals surface area contributed by atoms with Crippen LogP contribution in [0.1, 0.15) is 26.2 Å². The van der Waals surface area contributed by atoms with E-state index in [-0.39, 0.29) is 10.9 Å². The number of benzene rings is 1. The molecule has 0 aliphatic carbocycles. The Kier molecular flexibility index (Phi) is 3.49. The number of piperidine rings is 1. The zero-order valence-corrected chi connectivity index (χ0v) is 10.6. The molecule has 0 spiro atoms. The maximum atomic E-state index is 13.6. The Morgan fingerprint density at radius 3 is 2.65 bits per heavy atom. The fourth-order valence-electron chi connectivity index (χ4n) is 2.21. The average molecular weight is 257 g/mol. The molecule has 1 saturated heterocycles. The average Bonchev–Trinajstić information content (AvgIpc) is 2.29. The molecule has 1 heterocycles. The lowest BCUT2D eigenvalue weighted by Crippen LogP contribution is -2.42. The largest absolute Gasteiger partial charge is 0.246 e. The first-order valence-electron chi connectivity index (χ1n) is 5.80. The van der Waals surface area contributed by atoms with Crippen LogP contribution >= 0.6 is 0 Å². The Morgan fingerprint density at radius 1 is 1.29 bits per heavy atom. The molecule has 17 heavy (non-hydrogen) atoms. The van der Waals surface area contributed by atoms with E-state index in [1.54, 1.807) is 6.07 Å². The standard InChI is InChI=1S/C12H16FNO2S/c1-10-6-4-5-9-14(10)17(15,16)12-8-3-2-7-11(12)13/h2-3,7-8,10H,4-6,9H2,1H3/t10-/m1/s1. The summed E-state index contributed by atoms with van der Waals surface area (Å²) >= 11 is 0. The van der Waals surface area contributed by atoms with Crippen molar-refractivity contribution < 1.29 is 12.8 Å². The first-order valence-corrected chi connectivity index (χ1v) is 7.24. The molecule has 1 atom stereocenters. The number of nitrogens with zero attached hydrogens (tertiary/aromatic N) is 1. The van der Waals surface area contributed by atoms with Gasteiger partial charge in [0, 0.05) is 12.6 Å². The van der Waals surface area contributed by atoms with Crippen LogP contribution in [0.4, 0.5) is 4.39 Å². The number of halogens is 1. The topological polar surface area (TPSA) is 37.4 Å². The van der Waals surface area contributed by atoms with Crippen molar-refractivity contribution in [3.05, 3.63) is 30.1 Å². The Hall–Kier alpha value is -0.940. The van der Waals surface area contributed by atoms with Crippen molar-refractivity contribution >= 4 is 10.0 Å². The molecule has 2 rings (SSSR count). The van der Waals surface area contributed by atoms with Crippen LogP contribution in [0.5, 0.6) is 0 Å². The predicted octanol–water partition coefficient (Wildman–Crippen LogP) is 2.39. The summed E-state index contributed by atoms with van der Waals surface area (Å²) in [5.41, 5.74) is 0. The molecule has 0 N–H and O–H groups in total. The molecular formula is C12H16FNO2S. The van der Waals surface area contributed by atoms with Gasteiger partial charge in [-0.25, -0.2) is 12.8 Å². The van der Waals surface area contributed by atoms with E-state index in [2.05, 4.69) is 0 Å². The van der Waals surface area contributed by atoms with Crippen LogP contribution in [0.15, 0.2) is 29.2 Å². The van der Waals surface area contributed by atoms with Gasteiger partial charge in [0.1, 0.15) is 10.7 Å². The molecular weight excluding hydrogens is 241 g/mol. The summed E-state index contributed by atoms with van der Waals surface area (Å²) in [5.74, 6) is -0.676. The van der Waals surface area contributed by atoms with Crippen LogP contribution in [-0.2, 0) is 10.0 Å². The van der Waals surface area contributed by atoms with Crippen LogP contribution in [0.2, 0.25) is 0 Å². The van der Waals surface area contributed by atoms with Crippen molar-refractivity contribution in [1.82, 2.24) is 4.31 Å². The van der Waals surface area contributed by atoms with Gasteiger partial charge in [0.2, 0.25) is 10.0 Å². The highest BCUT2D eigenvalue weighted by Crippen LogP contribution is 2.26. The summed E-state index contributed by atoms with van der Waals surface area (Å²) in [6.07, 6.45) is 2.72. The maximum absolute atomic E-state index is 13.6. The monoisotopic (exact) mass is 257 g/mol. The van der Waals surface area contributed by atoms with Crippen molar-refractivity contribution in [2.75, 3.05) is 6.54 Å². The third-order valence-electron chi connectivity index (χ3n) is 3.17. The van der Waals surface area contributed by atoms with Crippen LogP contribution < -0.4 is 0 Å². The highest BCUT2D eigenvalue weighted by Gasteiger charge is 2.32. The van der Waals surface area contributed by atoms with Gasteiger partial charge in [-0.3, -0.25) is 0 Å². The fraction of sp³-hybridized carbons (Fsp3) is 0.500. The molecule has 1 aliphatic rings. The maximum Gasteiger partial charge on any atom is 0.246 e. The highest BCUT2D eigenvalue weighted by molar-refractivity contribution is 7.89. The summed E-state index contributed by atoms with van der Waals surface area (Å²) in [7, 11) is -3.68. The summed E-state index contributed by atoms with van der Waals surface area (Å²) < 4.78 is 39.6. The predicted molar refractivity (Wildman–Crippen MR) is 63.6 cm³/mol. The lowest BCUT2D eigenvalue weighted by molar-refractivity contribution is 0.268. The molecule has 94 valence electrons. The molecule has 1 aliphatic heterocycles. The van der Waals surface area contributed by atoms with Crippen molar-refractivity contribution in [2.45, 2.75) is 37.1 Å². The minimum atomic E-state index is -3.68. The van der Waals surface area contributed by atoms with E-state index in [0.717, 1.165) is 19.3 Å². The van der Waals surface area contributed by atoms with Gasteiger partial charge < -0.3 is 0 Å². The molecule has 0 aromatic heterocycles. The van der Waals surface area contributed by atoms with Crippen LogP contribution in [0.3, 0.4) is 0 Å². The molecule has 0 bridgehead atoms. The van der Waals surface area contributed by atoms with E-state index < -0.39 is 15.8 Å². The van der Waals surface area contributed by atoms with Gasteiger partial charge in [-0.2, -0.15) is 4.31 Å². The van der Waals surface area contributed by atoms with Gasteiger partial charge in [0.15, 0.2) is 0 Å². The molecule has 0 radical (unpaired) electrons. The van der Waals surface area contributed by atoms with Crippen LogP contribution in [0, 0.1) is 5.82 Å². The van der Waals surface area contributed by atoms with Crippen LogP contribution in [-0.4, -0.2) is 25.3 Å². The molecule has 5 heteroatoms. The third kappa shape index (κ3) is 2.35. The first-order chi connectivity index (χ1) is 8.03. The Labute approximate surface area is 101 Å². The number of sulfonamides is 1. The van der Waals surface area contributed by atoms with E-state index >= 15 is 0 Å². The van der Waals surface area contributed by atoms with Crippen molar-refractivity contribution in [2.24, 2.45) is 0 Å². The van der Waals surface area contributed by atoms with Crippen LogP contribution in [0.25, 0.3) is 0 Å². The second-order valence-electron chi connectivity index (χ2n) is 4.39. The zero-order chi connectivity index (χ0) is 12.5. The summed E-state index contributed by atoms with van der Waals surface area (Å²) in [5, 5.41) is 0. The Balaban J connectivity index is 2.39. The van der Waals surface area contributed by atoms with E-state index in [9.17, 15) is 12.8 Å². The van der Waals surface area contributed by atoms with Gasteiger partial charge in [0.25, 0.3) is 0 Å². The second-order valence-corrected chi connectivity index (χ2v) is 6.25. The third-order valence-corrected chi connectivity index (χ3v) is 5.21.